The average Bonchev–Trinajstić information content (AvgIpc) is 3.09. The van der Waals surface area contributed by atoms with Gasteiger partial charge in [-0.1, -0.05) is 15.9 Å². The fourth-order valence-corrected chi connectivity index (χ4v) is 3.33. The molecule has 2 aliphatic rings. The monoisotopic (exact) mass is 305 g/mol. The van der Waals surface area contributed by atoms with Crippen molar-refractivity contribution in [1.82, 2.24) is 0 Å². The largest absolute Gasteiger partial charge is 0.407 e. The minimum Gasteiger partial charge on any atom is -0.407 e. The summed E-state index contributed by atoms with van der Waals surface area (Å²) in [6.45, 7) is 9.42. The first kappa shape index (κ1) is 11.9. The van der Waals surface area contributed by atoms with E-state index in [0.29, 0.717) is 16.8 Å². The van der Waals surface area contributed by atoms with Crippen LogP contribution in [0.4, 0.5) is 17.1 Å². The highest BCUT2D eigenvalue weighted by molar-refractivity contribution is 9.10. The van der Waals surface area contributed by atoms with Gasteiger partial charge in [0.15, 0.2) is 0 Å². The maximum atomic E-state index is 7.31. The smallest absolute Gasteiger partial charge is 0.231 e. The molecular formula is C14H16BrN3. The third-order valence-corrected chi connectivity index (χ3v) is 4.78. The van der Waals surface area contributed by atoms with Gasteiger partial charge < -0.3 is 10.6 Å². The SMILES string of the molecule is [C-]#[N+]c1c(N)cc(Br)cc1N1CCC2(CC1)CC2. The zero-order valence-electron chi connectivity index (χ0n) is 10.2. The summed E-state index contributed by atoms with van der Waals surface area (Å²) in [5.41, 5.74) is 8.76. The number of benzene rings is 1. The molecule has 1 spiro atoms. The minimum absolute atomic E-state index is 0.570. The number of nitrogens with two attached hydrogens (primary N) is 1. The van der Waals surface area contributed by atoms with Gasteiger partial charge >= 0.3 is 0 Å². The number of piperidine rings is 1. The molecule has 2 N–H and O–H groups in total. The van der Waals surface area contributed by atoms with E-state index in [0.717, 1.165) is 23.2 Å². The van der Waals surface area contributed by atoms with Crippen LogP contribution in [-0.4, -0.2) is 13.1 Å². The zero-order valence-corrected chi connectivity index (χ0v) is 11.8. The summed E-state index contributed by atoms with van der Waals surface area (Å²) >= 11 is 3.47. The Labute approximate surface area is 116 Å². The van der Waals surface area contributed by atoms with Gasteiger partial charge in [0.25, 0.3) is 0 Å². The molecule has 0 aromatic heterocycles. The molecule has 1 aliphatic heterocycles. The first-order valence-electron chi connectivity index (χ1n) is 6.35. The molecule has 1 saturated heterocycles. The van der Waals surface area contributed by atoms with Gasteiger partial charge in [0.1, 0.15) is 0 Å². The summed E-state index contributed by atoms with van der Waals surface area (Å²) in [5, 5.41) is 0. The van der Waals surface area contributed by atoms with Crippen molar-refractivity contribution < 1.29 is 0 Å². The van der Waals surface area contributed by atoms with Crippen molar-refractivity contribution in [2.45, 2.75) is 25.7 Å². The van der Waals surface area contributed by atoms with Gasteiger partial charge in [-0.15, -0.1) is 0 Å². The third kappa shape index (κ3) is 1.97. The number of nitrogen functional groups attached to an aromatic ring is 1. The molecule has 0 bridgehead atoms. The maximum absolute atomic E-state index is 7.31. The van der Waals surface area contributed by atoms with Crippen LogP contribution in [-0.2, 0) is 0 Å². The predicted octanol–water partition coefficient (Wildman–Crippen LogP) is 3.96. The van der Waals surface area contributed by atoms with E-state index >= 15 is 0 Å². The van der Waals surface area contributed by atoms with E-state index in [1.807, 2.05) is 12.1 Å². The van der Waals surface area contributed by atoms with Crippen molar-refractivity contribution in [2.24, 2.45) is 5.41 Å². The van der Waals surface area contributed by atoms with Gasteiger partial charge in [0.2, 0.25) is 5.69 Å². The van der Waals surface area contributed by atoms with E-state index in [1.165, 1.54) is 25.7 Å². The van der Waals surface area contributed by atoms with E-state index in [4.69, 9.17) is 12.3 Å². The molecule has 18 heavy (non-hydrogen) atoms. The van der Waals surface area contributed by atoms with Crippen LogP contribution in [0, 0.1) is 12.0 Å². The molecule has 1 heterocycles. The van der Waals surface area contributed by atoms with Gasteiger partial charge in [-0.2, -0.15) is 0 Å². The fourth-order valence-electron chi connectivity index (χ4n) is 2.87. The molecule has 4 heteroatoms. The van der Waals surface area contributed by atoms with E-state index in [1.54, 1.807) is 0 Å². The number of rotatable bonds is 1. The number of hydrogen-bond acceptors (Lipinski definition) is 2. The topological polar surface area (TPSA) is 33.6 Å². The van der Waals surface area contributed by atoms with Crippen LogP contribution in [0.1, 0.15) is 25.7 Å². The Bertz CT molecular complexity index is 519. The number of hydrogen-bond donors (Lipinski definition) is 1. The molecule has 0 atom stereocenters. The van der Waals surface area contributed by atoms with Gasteiger partial charge in [-0.3, -0.25) is 0 Å². The normalized spacial score (nSPS) is 20.8. The summed E-state index contributed by atoms with van der Waals surface area (Å²) in [7, 11) is 0. The summed E-state index contributed by atoms with van der Waals surface area (Å²) in [6.07, 6.45) is 5.32. The molecule has 2 fully saturated rings. The quantitative estimate of drug-likeness (QED) is 0.629. The minimum atomic E-state index is 0.570. The van der Waals surface area contributed by atoms with Crippen molar-refractivity contribution in [3.63, 3.8) is 0 Å². The lowest BCUT2D eigenvalue weighted by Crippen LogP contribution is -2.34. The van der Waals surface area contributed by atoms with E-state index in [9.17, 15) is 0 Å². The van der Waals surface area contributed by atoms with Crippen LogP contribution in [0.2, 0.25) is 0 Å². The summed E-state index contributed by atoms with van der Waals surface area (Å²) in [5.74, 6) is 0. The molecular weight excluding hydrogens is 290 g/mol. The van der Waals surface area contributed by atoms with Crippen molar-refractivity contribution in [2.75, 3.05) is 23.7 Å². The second kappa shape index (κ2) is 4.17. The Kier molecular flexibility index (Phi) is 2.74. The lowest BCUT2D eigenvalue weighted by molar-refractivity contribution is 0.384. The molecule has 94 valence electrons. The average molecular weight is 306 g/mol. The second-order valence-corrected chi connectivity index (χ2v) is 6.38. The number of halogens is 1. The van der Waals surface area contributed by atoms with E-state index in [2.05, 4.69) is 25.7 Å². The van der Waals surface area contributed by atoms with Gasteiger partial charge in [-0.25, -0.2) is 4.85 Å². The van der Waals surface area contributed by atoms with Crippen LogP contribution >= 0.6 is 15.9 Å². The standard InChI is InChI=1S/C14H16BrN3/c1-17-13-11(16)8-10(15)9-12(13)18-6-4-14(2-3-14)5-7-18/h8-9H,2-7,16H2. The van der Waals surface area contributed by atoms with Gasteiger partial charge in [0.05, 0.1) is 6.57 Å². The molecule has 0 unspecified atom stereocenters. The van der Waals surface area contributed by atoms with Crippen LogP contribution in [0.25, 0.3) is 4.85 Å². The van der Waals surface area contributed by atoms with Crippen molar-refractivity contribution in [3.8, 4) is 0 Å². The Morgan fingerprint density at radius 1 is 1.22 bits per heavy atom. The predicted molar refractivity (Wildman–Crippen MR) is 77.9 cm³/mol. The summed E-state index contributed by atoms with van der Waals surface area (Å²) in [6, 6.07) is 3.83. The third-order valence-electron chi connectivity index (χ3n) is 4.32. The Hall–Kier alpha value is -1.21. The number of anilines is 2. The van der Waals surface area contributed by atoms with Crippen LogP contribution in [0.5, 0.6) is 0 Å². The lowest BCUT2D eigenvalue weighted by atomic mass is 9.93. The highest BCUT2D eigenvalue weighted by Crippen LogP contribution is 2.54. The zero-order chi connectivity index (χ0) is 12.8. The first-order valence-corrected chi connectivity index (χ1v) is 7.14. The van der Waals surface area contributed by atoms with Crippen molar-refractivity contribution in [1.29, 1.82) is 0 Å². The lowest BCUT2D eigenvalue weighted by Gasteiger charge is -2.34. The maximum Gasteiger partial charge on any atom is 0.231 e. The van der Waals surface area contributed by atoms with Crippen LogP contribution in [0.3, 0.4) is 0 Å². The van der Waals surface area contributed by atoms with Crippen molar-refractivity contribution in [3.05, 3.63) is 28.0 Å². The summed E-state index contributed by atoms with van der Waals surface area (Å²) in [4.78, 5) is 5.92. The van der Waals surface area contributed by atoms with Gasteiger partial charge in [0, 0.05) is 28.9 Å². The molecule has 1 aliphatic carbocycles. The summed E-state index contributed by atoms with van der Waals surface area (Å²) < 4.78 is 0.953. The fraction of sp³-hybridized carbons (Fsp3) is 0.500. The molecule has 0 amide bonds. The highest BCUT2D eigenvalue weighted by Gasteiger charge is 2.44. The second-order valence-electron chi connectivity index (χ2n) is 5.46. The van der Waals surface area contributed by atoms with E-state index in [-0.39, 0.29) is 0 Å². The Balaban J connectivity index is 1.90. The highest BCUT2D eigenvalue weighted by atomic mass is 79.9. The molecule has 0 radical (unpaired) electrons. The molecule has 1 aromatic rings. The molecule has 3 rings (SSSR count). The van der Waals surface area contributed by atoms with Gasteiger partial charge in [-0.05, 0) is 43.2 Å². The van der Waals surface area contributed by atoms with E-state index < -0.39 is 0 Å². The van der Waals surface area contributed by atoms with Crippen LogP contribution < -0.4 is 10.6 Å². The first-order chi connectivity index (χ1) is 8.63. The Morgan fingerprint density at radius 3 is 2.44 bits per heavy atom. The van der Waals surface area contributed by atoms with Crippen molar-refractivity contribution >= 4 is 33.0 Å². The molecule has 1 aromatic carbocycles. The number of nitrogens with zero attached hydrogens (tertiary/aromatic N) is 2. The molecule has 1 saturated carbocycles. The molecule has 3 nitrogen and oxygen atoms in total. The van der Waals surface area contributed by atoms with Crippen LogP contribution in [0.15, 0.2) is 16.6 Å². The Morgan fingerprint density at radius 2 is 1.89 bits per heavy atom.